The fourth-order valence-corrected chi connectivity index (χ4v) is 3.22. The minimum absolute atomic E-state index is 0.367. The smallest absolute Gasteiger partial charge is 0.133 e. The molecule has 2 atom stereocenters. The lowest BCUT2D eigenvalue weighted by molar-refractivity contribution is 0.0998. The van der Waals surface area contributed by atoms with E-state index in [2.05, 4.69) is 33.4 Å². The monoisotopic (exact) mass is 341 g/mol. The molecule has 2 rings (SSSR count). The van der Waals surface area contributed by atoms with Crippen molar-refractivity contribution >= 4 is 15.9 Å². The second-order valence-electron chi connectivity index (χ2n) is 5.18. The van der Waals surface area contributed by atoms with Crippen LogP contribution in [0.3, 0.4) is 0 Å². The van der Waals surface area contributed by atoms with Crippen LogP contribution in [-0.2, 0) is 4.74 Å². The summed E-state index contributed by atoms with van der Waals surface area (Å²) in [5.74, 6) is 0.908. The normalized spacial score (nSPS) is 20.1. The van der Waals surface area contributed by atoms with Gasteiger partial charge in [0.25, 0.3) is 0 Å². The molecule has 0 aliphatic carbocycles. The Morgan fingerprint density at radius 2 is 2.35 bits per heavy atom. The number of nitrogens with one attached hydrogen (secondary N) is 1. The summed E-state index contributed by atoms with van der Waals surface area (Å²) in [5.41, 5.74) is 1.29. The molecule has 3 nitrogen and oxygen atoms in total. The van der Waals surface area contributed by atoms with E-state index in [9.17, 15) is 0 Å². The molecule has 1 aromatic rings. The van der Waals surface area contributed by atoms with Crippen LogP contribution >= 0.6 is 15.9 Å². The molecule has 0 aromatic heterocycles. The van der Waals surface area contributed by atoms with E-state index in [-0.39, 0.29) is 0 Å². The summed E-state index contributed by atoms with van der Waals surface area (Å²) in [4.78, 5) is 0. The second kappa shape index (κ2) is 8.01. The average molecular weight is 342 g/mol. The van der Waals surface area contributed by atoms with Crippen molar-refractivity contribution in [3.05, 3.63) is 28.2 Å². The van der Waals surface area contributed by atoms with Crippen LogP contribution in [0.4, 0.5) is 0 Å². The van der Waals surface area contributed by atoms with Gasteiger partial charge >= 0.3 is 0 Å². The Morgan fingerprint density at radius 3 is 2.95 bits per heavy atom. The quantitative estimate of drug-likeness (QED) is 0.810. The molecule has 1 N–H and O–H groups in total. The van der Waals surface area contributed by atoms with E-state index in [0.29, 0.717) is 18.8 Å². The van der Waals surface area contributed by atoms with E-state index in [1.54, 1.807) is 0 Å². The van der Waals surface area contributed by atoms with E-state index < -0.39 is 0 Å². The van der Waals surface area contributed by atoms with E-state index in [1.165, 1.54) is 18.4 Å². The van der Waals surface area contributed by atoms with Crippen molar-refractivity contribution < 1.29 is 9.47 Å². The maximum atomic E-state index is 5.70. The highest BCUT2D eigenvalue weighted by atomic mass is 79.9. The van der Waals surface area contributed by atoms with E-state index in [0.717, 1.165) is 29.7 Å². The van der Waals surface area contributed by atoms with Crippen LogP contribution in [0, 0.1) is 0 Å². The van der Waals surface area contributed by atoms with Gasteiger partial charge in [-0.1, -0.05) is 6.07 Å². The molecule has 1 saturated heterocycles. The number of hydrogen-bond donors (Lipinski definition) is 1. The largest absolute Gasteiger partial charge is 0.493 e. The maximum absolute atomic E-state index is 5.70. The van der Waals surface area contributed by atoms with Crippen LogP contribution in [0.2, 0.25) is 0 Å². The van der Waals surface area contributed by atoms with Crippen molar-refractivity contribution in [1.82, 2.24) is 5.32 Å². The highest BCUT2D eigenvalue weighted by molar-refractivity contribution is 9.10. The summed E-state index contributed by atoms with van der Waals surface area (Å²) in [6, 6.07) is 6.71. The molecule has 1 fully saturated rings. The minimum atomic E-state index is 0.367. The molecule has 1 aliphatic heterocycles. The summed E-state index contributed by atoms with van der Waals surface area (Å²) in [6.07, 6.45) is 5.10. The molecule has 4 heteroatoms. The van der Waals surface area contributed by atoms with Crippen molar-refractivity contribution in [2.24, 2.45) is 0 Å². The summed E-state index contributed by atoms with van der Waals surface area (Å²) < 4.78 is 12.3. The molecule has 0 bridgehead atoms. The maximum Gasteiger partial charge on any atom is 0.133 e. The average Bonchev–Trinajstić information content (AvgIpc) is 2.96. The summed E-state index contributed by atoms with van der Waals surface area (Å²) in [6.45, 7) is 3.62. The Bertz CT molecular complexity index is 419. The predicted molar refractivity (Wildman–Crippen MR) is 85.3 cm³/mol. The Morgan fingerprint density at radius 1 is 1.50 bits per heavy atom. The van der Waals surface area contributed by atoms with Crippen LogP contribution in [0.15, 0.2) is 22.7 Å². The van der Waals surface area contributed by atoms with Crippen LogP contribution in [0.5, 0.6) is 5.75 Å². The topological polar surface area (TPSA) is 30.5 Å². The third-order valence-corrected chi connectivity index (χ3v) is 4.43. The standard InChI is InChI=1S/C16H24BrNO2/c1-3-19-16-9-6-12(11-14(16)17)15(18-2)8-7-13-5-4-10-20-13/h6,9,11,13,15,18H,3-5,7-8,10H2,1-2H3. The Hall–Kier alpha value is -0.580. The van der Waals surface area contributed by atoms with Gasteiger partial charge in [0.15, 0.2) is 0 Å². The van der Waals surface area contributed by atoms with E-state index in [1.807, 2.05) is 20.0 Å². The van der Waals surface area contributed by atoms with Crippen molar-refractivity contribution in [2.45, 2.75) is 44.8 Å². The van der Waals surface area contributed by atoms with Crippen LogP contribution in [0.25, 0.3) is 0 Å². The van der Waals surface area contributed by atoms with Gasteiger partial charge < -0.3 is 14.8 Å². The Kier molecular flexibility index (Phi) is 6.33. The minimum Gasteiger partial charge on any atom is -0.493 e. The highest BCUT2D eigenvalue weighted by Crippen LogP contribution is 2.30. The van der Waals surface area contributed by atoms with Gasteiger partial charge in [-0.25, -0.2) is 0 Å². The molecule has 1 heterocycles. The van der Waals surface area contributed by atoms with Crippen LogP contribution in [0.1, 0.15) is 44.2 Å². The van der Waals surface area contributed by atoms with Gasteiger partial charge in [0.1, 0.15) is 5.75 Å². The summed E-state index contributed by atoms with van der Waals surface area (Å²) >= 11 is 3.59. The van der Waals surface area contributed by atoms with Crippen LogP contribution < -0.4 is 10.1 Å². The lowest BCUT2D eigenvalue weighted by Crippen LogP contribution is -2.18. The first kappa shape index (κ1) is 15.8. The number of ether oxygens (including phenoxy) is 2. The van der Waals surface area contributed by atoms with Crippen molar-refractivity contribution in [2.75, 3.05) is 20.3 Å². The molecule has 112 valence electrons. The van der Waals surface area contributed by atoms with Gasteiger partial charge in [0.05, 0.1) is 17.2 Å². The summed E-state index contributed by atoms with van der Waals surface area (Å²) in [5, 5.41) is 3.40. The van der Waals surface area contributed by atoms with Gasteiger partial charge in [0, 0.05) is 12.6 Å². The lowest BCUT2D eigenvalue weighted by atomic mass is 9.99. The molecule has 1 aromatic carbocycles. The summed E-state index contributed by atoms with van der Waals surface area (Å²) in [7, 11) is 2.02. The fourth-order valence-electron chi connectivity index (χ4n) is 2.71. The van der Waals surface area contributed by atoms with Gasteiger partial charge in [-0.2, -0.15) is 0 Å². The first-order valence-electron chi connectivity index (χ1n) is 7.45. The van der Waals surface area contributed by atoms with Gasteiger partial charge in [0.2, 0.25) is 0 Å². The second-order valence-corrected chi connectivity index (χ2v) is 6.03. The molecule has 0 spiro atoms. The third-order valence-electron chi connectivity index (χ3n) is 3.81. The Labute approximate surface area is 130 Å². The zero-order valence-electron chi connectivity index (χ0n) is 12.3. The molecule has 0 saturated carbocycles. The van der Waals surface area contributed by atoms with Gasteiger partial charge in [-0.15, -0.1) is 0 Å². The fraction of sp³-hybridized carbons (Fsp3) is 0.625. The number of hydrogen-bond acceptors (Lipinski definition) is 3. The number of benzene rings is 1. The lowest BCUT2D eigenvalue weighted by Gasteiger charge is -2.19. The molecule has 0 amide bonds. The zero-order valence-corrected chi connectivity index (χ0v) is 13.9. The third kappa shape index (κ3) is 4.21. The molecular formula is C16H24BrNO2. The SMILES string of the molecule is CCOc1ccc(C(CCC2CCCO2)NC)cc1Br. The van der Waals surface area contributed by atoms with E-state index in [4.69, 9.17) is 9.47 Å². The Balaban J connectivity index is 1.97. The zero-order chi connectivity index (χ0) is 14.4. The first-order chi connectivity index (χ1) is 9.74. The first-order valence-corrected chi connectivity index (χ1v) is 8.25. The van der Waals surface area contributed by atoms with Gasteiger partial charge in [-0.05, 0) is 73.3 Å². The molecule has 1 aliphatic rings. The highest BCUT2D eigenvalue weighted by Gasteiger charge is 2.18. The number of halogens is 1. The number of rotatable bonds is 7. The van der Waals surface area contributed by atoms with Crippen molar-refractivity contribution in [1.29, 1.82) is 0 Å². The molecule has 0 radical (unpaired) electrons. The van der Waals surface area contributed by atoms with Crippen LogP contribution in [-0.4, -0.2) is 26.4 Å². The molecule has 2 unspecified atom stereocenters. The van der Waals surface area contributed by atoms with Gasteiger partial charge in [-0.3, -0.25) is 0 Å². The molecular weight excluding hydrogens is 318 g/mol. The van der Waals surface area contributed by atoms with Crippen molar-refractivity contribution in [3.63, 3.8) is 0 Å². The van der Waals surface area contributed by atoms with E-state index >= 15 is 0 Å². The molecule has 20 heavy (non-hydrogen) atoms. The van der Waals surface area contributed by atoms with Crippen molar-refractivity contribution in [3.8, 4) is 5.75 Å². The predicted octanol–water partition coefficient (Wildman–Crippen LogP) is 4.07.